The molecule has 0 aliphatic heterocycles. The van der Waals surface area contributed by atoms with Crippen molar-refractivity contribution in [2.24, 2.45) is 0 Å². The largest absolute Gasteiger partial charge is 0.462 e. The molecule has 0 spiro atoms. The second-order valence-electron chi connectivity index (χ2n) is 6.97. The van der Waals surface area contributed by atoms with E-state index < -0.39 is 5.97 Å². The normalized spacial score (nSPS) is 11.3. The van der Waals surface area contributed by atoms with Crippen molar-refractivity contribution in [2.75, 3.05) is 6.61 Å². The fourth-order valence-corrected chi connectivity index (χ4v) is 3.43. The van der Waals surface area contributed by atoms with Crippen LogP contribution in [0.1, 0.15) is 28.4 Å². The third-order valence-electron chi connectivity index (χ3n) is 4.90. The second kappa shape index (κ2) is 8.71. The fraction of sp³-hybridized carbons (Fsp3) is 0.125. The van der Waals surface area contributed by atoms with Crippen molar-refractivity contribution in [3.05, 3.63) is 87.8 Å². The molecule has 7 heteroatoms. The van der Waals surface area contributed by atoms with Crippen molar-refractivity contribution < 1.29 is 14.3 Å². The number of H-pyrrole nitrogens is 2. The number of hydrogen-bond donors (Lipinski definition) is 3. The number of hydrogen-bond acceptors (Lipinski definition) is 4. The van der Waals surface area contributed by atoms with Gasteiger partial charge in [0.05, 0.1) is 12.2 Å². The van der Waals surface area contributed by atoms with E-state index in [-0.39, 0.29) is 18.1 Å². The predicted molar refractivity (Wildman–Crippen MR) is 120 cm³/mol. The molecular weight excluding hydrogens is 394 g/mol. The Bertz CT molecular complexity index is 1350. The molecule has 3 N–H and O–H groups in total. The van der Waals surface area contributed by atoms with E-state index in [4.69, 9.17) is 4.74 Å². The van der Waals surface area contributed by atoms with Crippen LogP contribution in [0.25, 0.3) is 27.9 Å². The van der Waals surface area contributed by atoms with Gasteiger partial charge in [-0.3, -0.25) is 9.59 Å². The molecular formula is C24H21N3O4. The number of rotatable bonds is 6. The predicted octanol–water partition coefficient (Wildman–Crippen LogP) is 3.52. The number of aromatic amines is 2. The van der Waals surface area contributed by atoms with Gasteiger partial charge in [0, 0.05) is 35.1 Å². The van der Waals surface area contributed by atoms with E-state index in [1.807, 2.05) is 36.4 Å². The number of fused-ring (bicyclic) bond motifs is 3. The van der Waals surface area contributed by atoms with Crippen LogP contribution >= 0.6 is 0 Å². The molecule has 4 aromatic rings. The highest BCUT2D eigenvalue weighted by molar-refractivity contribution is 6.15. The number of pyridine rings is 1. The lowest BCUT2D eigenvalue weighted by Gasteiger charge is -2.05. The van der Waals surface area contributed by atoms with Gasteiger partial charge in [-0.05, 0) is 36.3 Å². The maximum Gasteiger partial charge on any atom is 0.340 e. The molecule has 0 radical (unpaired) electrons. The molecule has 2 aromatic carbocycles. The molecule has 2 heterocycles. The van der Waals surface area contributed by atoms with Crippen LogP contribution in [0.4, 0.5) is 0 Å². The zero-order valence-electron chi connectivity index (χ0n) is 16.9. The Labute approximate surface area is 177 Å². The van der Waals surface area contributed by atoms with Crippen LogP contribution in [0.3, 0.4) is 0 Å². The zero-order chi connectivity index (χ0) is 21.8. The van der Waals surface area contributed by atoms with Gasteiger partial charge in [-0.1, -0.05) is 36.4 Å². The van der Waals surface area contributed by atoms with Gasteiger partial charge >= 0.3 is 5.97 Å². The summed E-state index contributed by atoms with van der Waals surface area (Å²) in [7, 11) is 0. The van der Waals surface area contributed by atoms with Crippen LogP contribution < -0.4 is 10.9 Å². The number of carbonyl (C=O) groups is 2. The van der Waals surface area contributed by atoms with Crippen molar-refractivity contribution in [3.8, 4) is 0 Å². The number of esters is 1. The summed E-state index contributed by atoms with van der Waals surface area (Å²) in [6, 6.07) is 15.0. The van der Waals surface area contributed by atoms with Gasteiger partial charge in [-0.15, -0.1) is 0 Å². The lowest BCUT2D eigenvalue weighted by molar-refractivity contribution is -0.116. The average molecular weight is 415 g/mol. The molecule has 156 valence electrons. The molecule has 4 rings (SSSR count). The highest BCUT2D eigenvalue weighted by atomic mass is 16.5. The lowest BCUT2D eigenvalue weighted by Crippen LogP contribution is -2.20. The van der Waals surface area contributed by atoms with Gasteiger partial charge in [0.15, 0.2) is 0 Å². The molecule has 31 heavy (non-hydrogen) atoms. The first-order valence-electron chi connectivity index (χ1n) is 9.91. The minimum Gasteiger partial charge on any atom is -0.462 e. The van der Waals surface area contributed by atoms with Crippen molar-refractivity contribution in [3.63, 3.8) is 0 Å². The molecule has 1 amide bonds. The Kier molecular flexibility index (Phi) is 5.66. The first-order valence-corrected chi connectivity index (χ1v) is 9.91. The van der Waals surface area contributed by atoms with Gasteiger partial charge in [0.25, 0.3) is 5.56 Å². The standard InChI is InChI=1S/C24H21N3O4/c1-2-31-24(30)18-14-26-22-21(18)17-12-15(8-10-19(17)27-23(22)29)9-11-20(28)25-13-16-6-4-3-5-7-16/h3-12,14,26H,2,13H2,1H3,(H,25,28)(H,27,29)/b11-9+. The molecule has 0 unspecified atom stereocenters. The Morgan fingerprint density at radius 3 is 2.71 bits per heavy atom. The summed E-state index contributed by atoms with van der Waals surface area (Å²) in [5, 5.41) is 4.02. The van der Waals surface area contributed by atoms with E-state index in [2.05, 4.69) is 15.3 Å². The smallest absolute Gasteiger partial charge is 0.340 e. The summed E-state index contributed by atoms with van der Waals surface area (Å²) in [5.41, 5.74) is 2.65. The summed E-state index contributed by atoms with van der Waals surface area (Å²) >= 11 is 0. The Morgan fingerprint density at radius 2 is 1.94 bits per heavy atom. The van der Waals surface area contributed by atoms with Crippen molar-refractivity contribution >= 4 is 39.8 Å². The summed E-state index contributed by atoms with van der Waals surface area (Å²) in [5.74, 6) is -0.716. The minimum absolute atomic E-state index is 0.218. The van der Waals surface area contributed by atoms with Crippen molar-refractivity contribution in [1.29, 1.82) is 0 Å². The molecule has 0 atom stereocenters. The summed E-state index contributed by atoms with van der Waals surface area (Å²) in [6.07, 6.45) is 4.63. The van der Waals surface area contributed by atoms with Crippen LogP contribution in [-0.2, 0) is 16.1 Å². The van der Waals surface area contributed by atoms with Gasteiger partial charge in [0.1, 0.15) is 5.52 Å². The number of ether oxygens (including phenoxy) is 1. The quantitative estimate of drug-likeness (QED) is 0.331. The Hall–Kier alpha value is -4.13. The maximum atomic E-state index is 12.4. The van der Waals surface area contributed by atoms with E-state index in [1.165, 1.54) is 12.3 Å². The highest BCUT2D eigenvalue weighted by Crippen LogP contribution is 2.26. The third-order valence-corrected chi connectivity index (χ3v) is 4.90. The molecule has 7 nitrogen and oxygen atoms in total. The number of carbonyl (C=O) groups excluding carboxylic acids is 2. The first-order chi connectivity index (χ1) is 15.1. The lowest BCUT2D eigenvalue weighted by atomic mass is 10.0. The number of benzene rings is 2. The van der Waals surface area contributed by atoms with Gasteiger partial charge in [-0.2, -0.15) is 0 Å². The minimum atomic E-state index is -0.498. The van der Waals surface area contributed by atoms with Crippen LogP contribution in [0.15, 0.2) is 65.6 Å². The summed E-state index contributed by atoms with van der Waals surface area (Å²) in [6.45, 7) is 2.40. The van der Waals surface area contributed by atoms with Crippen LogP contribution in [-0.4, -0.2) is 28.5 Å². The van der Waals surface area contributed by atoms with Crippen LogP contribution in [0.2, 0.25) is 0 Å². The monoisotopic (exact) mass is 415 g/mol. The van der Waals surface area contributed by atoms with E-state index in [0.29, 0.717) is 33.9 Å². The molecule has 0 bridgehead atoms. The van der Waals surface area contributed by atoms with Crippen LogP contribution in [0, 0.1) is 0 Å². The molecule has 0 aliphatic rings. The third kappa shape index (κ3) is 4.25. The Balaban J connectivity index is 1.64. The summed E-state index contributed by atoms with van der Waals surface area (Å²) in [4.78, 5) is 42.6. The van der Waals surface area contributed by atoms with Crippen molar-refractivity contribution in [1.82, 2.24) is 15.3 Å². The Morgan fingerprint density at radius 1 is 1.13 bits per heavy atom. The second-order valence-corrected chi connectivity index (χ2v) is 6.97. The maximum absolute atomic E-state index is 12.4. The van der Waals surface area contributed by atoms with E-state index >= 15 is 0 Å². The zero-order valence-corrected chi connectivity index (χ0v) is 16.9. The first kappa shape index (κ1) is 20.2. The van der Waals surface area contributed by atoms with Gasteiger partial charge in [0.2, 0.25) is 5.91 Å². The average Bonchev–Trinajstić information content (AvgIpc) is 3.24. The highest BCUT2D eigenvalue weighted by Gasteiger charge is 2.18. The molecule has 0 fully saturated rings. The molecule has 0 aliphatic carbocycles. The van der Waals surface area contributed by atoms with E-state index in [1.54, 1.807) is 25.1 Å². The molecule has 0 saturated heterocycles. The van der Waals surface area contributed by atoms with Gasteiger partial charge in [-0.25, -0.2) is 4.79 Å². The SMILES string of the molecule is CCOC(=O)c1c[nH]c2c(=O)[nH]c3ccc(/C=C/C(=O)NCc4ccccc4)cc3c12. The topological polar surface area (TPSA) is 104 Å². The van der Waals surface area contributed by atoms with E-state index in [9.17, 15) is 14.4 Å². The number of amides is 1. The number of nitrogens with one attached hydrogen (secondary N) is 3. The summed E-state index contributed by atoms with van der Waals surface area (Å²) < 4.78 is 5.12. The number of aromatic nitrogens is 2. The molecule has 0 saturated carbocycles. The van der Waals surface area contributed by atoms with Crippen molar-refractivity contribution in [2.45, 2.75) is 13.5 Å². The van der Waals surface area contributed by atoms with Gasteiger partial charge < -0.3 is 20.0 Å². The fourth-order valence-electron chi connectivity index (χ4n) is 3.43. The van der Waals surface area contributed by atoms with E-state index in [0.717, 1.165) is 11.1 Å². The molecule has 2 aromatic heterocycles. The van der Waals surface area contributed by atoms with Crippen LogP contribution in [0.5, 0.6) is 0 Å².